The van der Waals surface area contributed by atoms with E-state index in [-0.39, 0.29) is 26.2 Å². The van der Waals surface area contributed by atoms with Crippen LogP contribution in [0.25, 0.3) is 12.2 Å². The SMILES string of the molecule is C=Cc1ccc(O)cc1.C=Cc1ccc(O)cc1.[C-]1=CC=CC1.[C-]1=CC=CC1.[Zr+2]. The van der Waals surface area contributed by atoms with Crippen molar-refractivity contribution in [1.82, 2.24) is 0 Å². The van der Waals surface area contributed by atoms with Gasteiger partial charge in [0.25, 0.3) is 0 Å². The molecule has 2 aromatic carbocycles. The molecule has 0 fully saturated rings. The van der Waals surface area contributed by atoms with E-state index in [1.165, 1.54) is 0 Å². The fraction of sp³-hybridized carbons (Fsp3) is 0.0769. The number of hydrogen-bond acceptors (Lipinski definition) is 2. The Labute approximate surface area is 193 Å². The van der Waals surface area contributed by atoms with E-state index < -0.39 is 0 Å². The Morgan fingerprint density at radius 3 is 1.17 bits per heavy atom. The Balaban J connectivity index is 0.000000369. The number of rotatable bonds is 2. The Hall–Kier alpha value is -2.64. The number of aromatic hydroxyl groups is 2. The molecule has 2 nitrogen and oxygen atoms in total. The Kier molecular flexibility index (Phi) is 15.9. The van der Waals surface area contributed by atoms with E-state index in [0.29, 0.717) is 11.5 Å². The minimum atomic E-state index is 0. The molecule has 0 heterocycles. The van der Waals surface area contributed by atoms with Crippen LogP contribution in [-0.2, 0) is 26.2 Å². The van der Waals surface area contributed by atoms with Crippen molar-refractivity contribution in [2.45, 2.75) is 12.8 Å². The number of benzene rings is 2. The van der Waals surface area contributed by atoms with E-state index in [2.05, 4.69) is 37.5 Å². The summed E-state index contributed by atoms with van der Waals surface area (Å²) in [5, 5.41) is 17.6. The molecule has 4 rings (SSSR count). The molecule has 0 amide bonds. The van der Waals surface area contributed by atoms with Crippen LogP contribution < -0.4 is 0 Å². The molecule has 0 unspecified atom stereocenters. The van der Waals surface area contributed by atoms with Crippen LogP contribution >= 0.6 is 0 Å². The van der Waals surface area contributed by atoms with Gasteiger partial charge in [0, 0.05) is 0 Å². The maximum absolute atomic E-state index is 8.82. The monoisotopic (exact) mass is 460 g/mol. The van der Waals surface area contributed by atoms with Crippen molar-refractivity contribution in [2.24, 2.45) is 0 Å². The third kappa shape index (κ3) is 14.1. The van der Waals surface area contributed by atoms with Crippen LogP contribution in [0.15, 0.2) is 98.1 Å². The van der Waals surface area contributed by atoms with E-state index in [9.17, 15) is 0 Å². The summed E-state index contributed by atoms with van der Waals surface area (Å²) in [5.74, 6) is 0.584. The van der Waals surface area contributed by atoms with Crippen LogP contribution in [0.4, 0.5) is 0 Å². The molecule has 2 aliphatic rings. The van der Waals surface area contributed by atoms with Gasteiger partial charge in [-0.1, -0.05) is 49.6 Å². The molecule has 0 saturated carbocycles. The maximum atomic E-state index is 8.82. The van der Waals surface area contributed by atoms with Crippen LogP contribution in [0.3, 0.4) is 0 Å². The maximum Gasteiger partial charge on any atom is 2.00 e. The summed E-state index contributed by atoms with van der Waals surface area (Å²) in [4.78, 5) is 0. The van der Waals surface area contributed by atoms with E-state index >= 15 is 0 Å². The minimum absolute atomic E-state index is 0. The summed E-state index contributed by atoms with van der Waals surface area (Å²) in [6, 6.07) is 13.8. The molecule has 0 radical (unpaired) electrons. The Morgan fingerprint density at radius 2 is 1.00 bits per heavy atom. The van der Waals surface area contributed by atoms with Gasteiger partial charge in [-0.2, -0.15) is 12.2 Å². The molecule has 0 saturated heterocycles. The summed E-state index contributed by atoms with van der Waals surface area (Å²) >= 11 is 0. The zero-order chi connectivity index (χ0) is 20.5. The molecule has 0 spiro atoms. The van der Waals surface area contributed by atoms with Crippen LogP contribution in [0, 0.1) is 12.2 Å². The number of phenols is 2. The standard InChI is InChI=1S/2C8H8O.2C5H5.Zr/c2*1-2-7-3-5-8(9)6-4-7;2*1-2-4-5-3-1;/h2*2-6,9H,1H2;2*1-3H,4H2;/q;;2*-1;+2. The quantitative estimate of drug-likeness (QED) is 0.490. The van der Waals surface area contributed by atoms with Crippen molar-refractivity contribution in [2.75, 3.05) is 0 Å². The zero-order valence-corrected chi connectivity index (χ0v) is 18.9. The number of phenolic OH excluding ortho intramolecular Hbond substituents is 2. The van der Waals surface area contributed by atoms with Crippen molar-refractivity contribution in [1.29, 1.82) is 0 Å². The van der Waals surface area contributed by atoms with Gasteiger partial charge in [-0.05, 0) is 35.4 Å². The second kappa shape index (κ2) is 17.5. The van der Waals surface area contributed by atoms with Gasteiger partial charge in [0.1, 0.15) is 11.5 Å². The van der Waals surface area contributed by atoms with Gasteiger partial charge in [0.15, 0.2) is 0 Å². The van der Waals surface area contributed by atoms with Crippen molar-refractivity contribution >= 4 is 12.2 Å². The average molecular weight is 462 g/mol. The Morgan fingerprint density at radius 1 is 0.655 bits per heavy atom. The van der Waals surface area contributed by atoms with Crippen LogP contribution in [0.2, 0.25) is 0 Å². The molecule has 2 aromatic rings. The molecule has 0 aliphatic heterocycles. The van der Waals surface area contributed by atoms with Crippen LogP contribution in [0.5, 0.6) is 11.5 Å². The van der Waals surface area contributed by atoms with Gasteiger partial charge in [-0.3, -0.25) is 12.2 Å². The summed E-state index contributed by atoms with van der Waals surface area (Å²) in [7, 11) is 0. The fourth-order valence-corrected chi connectivity index (χ4v) is 1.90. The largest absolute Gasteiger partial charge is 2.00 e. The predicted molar refractivity (Wildman–Crippen MR) is 120 cm³/mol. The predicted octanol–water partition coefficient (Wildman–Crippen LogP) is 6.68. The molecular formula is C26H26O2Zr. The molecule has 0 aromatic heterocycles. The fourth-order valence-electron chi connectivity index (χ4n) is 1.90. The van der Waals surface area contributed by atoms with Gasteiger partial charge < -0.3 is 10.2 Å². The number of hydrogen-bond donors (Lipinski definition) is 2. The molecule has 2 aliphatic carbocycles. The Bertz CT molecular complexity index is 719. The van der Waals surface area contributed by atoms with Gasteiger partial charge in [0.2, 0.25) is 0 Å². The van der Waals surface area contributed by atoms with Gasteiger partial charge in [0.05, 0.1) is 0 Å². The normalized spacial score (nSPS) is 11.6. The van der Waals surface area contributed by atoms with E-state index in [0.717, 1.165) is 24.0 Å². The average Bonchev–Trinajstić information content (AvgIpc) is 3.48. The van der Waals surface area contributed by atoms with Crippen molar-refractivity contribution < 1.29 is 36.4 Å². The first-order valence-electron chi connectivity index (χ1n) is 8.92. The van der Waals surface area contributed by atoms with Crippen molar-refractivity contribution in [3.05, 3.63) is 121 Å². The van der Waals surface area contributed by atoms with E-state index in [4.69, 9.17) is 10.2 Å². The van der Waals surface area contributed by atoms with Gasteiger partial charge in [-0.15, -0.1) is 12.8 Å². The van der Waals surface area contributed by atoms with E-state index in [1.54, 1.807) is 36.4 Å². The number of allylic oxidation sites excluding steroid dienone is 8. The topological polar surface area (TPSA) is 40.5 Å². The summed E-state index contributed by atoms with van der Waals surface area (Å²) in [5.41, 5.74) is 2.04. The zero-order valence-electron chi connectivity index (χ0n) is 16.5. The second-order valence-electron chi connectivity index (χ2n) is 5.60. The molecule has 29 heavy (non-hydrogen) atoms. The first kappa shape index (κ1) is 26.4. The smallest absolute Gasteiger partial charge is 0.508 e. The van der Waals surface area contributed by atoms with Crippen molar-refractivity contribution in [3.8, 4) is 11.5 Å². The summed E-state index contributed by atoms with van der Waals surface area (Å²) < 4.78 is 0. The second-order valence-corrected chi connectivity index (χ2v) is 5.60. The first-order chi connectivity index (χ1) is 13.7. The van der Waals surface area contributed by atoms with Gasteiger partial charge in [-0.25, -0.2) is 24.3 Å². The third-order valence-corrected chi connectivity index (χ3v) is 3.43. The molecule has 3 heteroatoms. The van der Waals surface area contributed by atoms with Crippen LogP contribution in [-0.4, -0.2) is 10.2 Å². The van der Waals surface area contributed by atoms with Crippen LogP contribution in [0.1, 0.15) is 24.0 Å². The van der Waals surface area contributed by atoms with Gasteiger partial charge >= 0.3 is 26.2 Å². The minimum Gasteiger partial charge on any atom is -0.508 e. The first-order valence-corrected chi connectivity index (χ1v) is 8.92. The molecule has 0 bridgehead atoms. The third-order valence-electron chi connectivity index (χ3n) is 3.43. The molecule has 0 atom stereocenters. The molecule has 2 N–H and O–H groups in total. The molecular weight excluding hydrogens is 436 g/mol. The summed E-state index contributed by atoms with van der Waals surface area (Å²) in [6.45, 7) is 7.16. The van der Waals surface area contributed by atoms with Crippen molar-refractivity contribution in [3.63, 3.8) is 0 Å². The summed E-state index contributed by atoms with van der Waals surface area (Å²) in [6.07, 6.45) is 23.5. The molecule has 146 valence electrons. The van der Waals surface area contributed by atoms with E-state index in [1.807, 2.05) is 48.6 Å².